The van der Waals surface area contributed by atoms with E-state index in [9.17, 15) is 19.5 Å². The number of carbonyl (C=O) groups excluding carboxylic acids is 2. The highest BCUT2D eigenvalue weighted by Gasteiger charge is 2.52. The third kappa shape index (κ3) is 5.30. The lowest BCUT2D eigenvalue weighted by Gasteiger charge is -2.38. The molecule has 1 aromatic rings. The predicted octanol–water partition coefficient (Wildman–Crippen LogP) is 2.56. The van der Waals surface area contributed by atoms with Gasteiger partial charge in [-0.25, -0.2) is 9.59 Å². The van der Waals surface area contributed by atoms with Crippen LogP contribution in [0.4, 0.5) is 4.79 Å². The molecule has 0 radical (unpaired) electrons. The lowest BCUT2D eigenvalue weighted by atomic mass is 9.96. The smallest absolute Gasteiger partial charge is 0.408 e. The van der Waals surface area contributed by atoms with Crippen molar-refractivity contribution in [2.45, 2.75) is 70.4 Å². The molecular formula is C22H30N2O6. The molecular weight excluding hydrogens is 388 g/mol. The first kappa shape index (κ1) is 22.1. The van der Waals surface area contributed by atoms with Crippen molar-refractivity contribution in [2.75, 3.05) is 6.61 Å². The van der Waals surface area contributed by atoms with Gasteiger partial charge in [-0.05, 0) is 52.0 Å². The molecule has 2 amide bonds. The molecule has 2 fully saturated rings. The van der Waals surface area contributed by atoms with E-state index in [0.29, 0.717) is 6.42 Å². The number of aryl methyl sites for hydroxylation is 1. The summed E-state index contributed by atoms with van der Waals surface area (Å²) < 4.78 is 11.1. The zero-order chi connectivity index (χ0) is 21.9. The number of aliphatic carboxylic acids is 1. The standard InChI is InChI=1S/C22H30N2O6/c1-22(2,3)30-21(28)23-16-13-29-19-15(11-7-10-14-8-5-4-6-9-14)12-17(20(26)27)24(19)18(16)25/h4-6,8-9,15-17,19H,7,10-13H2,1-3H3,(H,23,28)(H,26,27)/t15-,16-,17+,19-/m1/s1. The van der Waals surface area contributed by atoms with E-state index < -0.39 is 41.9 Å². The van der Waals surface area contributed by atoms with Crippen LogP contribution in [-0.4, -0.2) is 58.5 Å². The number of hydrogen-bond donors (Lipinski definition) is 2. The number of amides is 2. The Morgan fingerprint density at radius 1 is 1.27 bits per heavy atom. The quantitative estimate of drug-likeness (QED) is 0.736. The summed E-state index contributed by atoms with van der Waals surface area (Å²) in [5.74, 6) is -1.54. The summed E-state index contributed by atoms with van der Waals surface area (Å²) in [6.07, 6.45) is 1.57. The molecule has 8 heteroatoms. The van der Waals surface area contributed by atoms with Gasteiger partial charge in [0, 0.05) is 5.92 Å². The Morgan fingerprint density at radius 3 is 2.60 bits per heavy atom. The Balaban J connectivity index is 1.62. The zero-order valence-electron chi connectivity index (χ0n) is 17.7. The summed E-state index contributed by atoms with van der Waals surface area (Å²) in [5, 5.41) is 12.2. The fourth-order valence-electron chi connectivity index (χ4n) is 4.11. The summed E-state index contributed by atoms with van der Waals surface area (Å²) in [4.78, 5) is 38.1. The Kier molecular flexibility index (Phi) is 6.65. The summed E-state index contributed by atoms with van der Waals surface area (Å²) >= 11 is 0. The minimum absolute atomic E-state index is 0.000761. The number of carbonyl (C=O) groups is 3. The van der Waals surface area contributed by atoms with Crippen molar-refractivity contribution in [3.8, 4) is 0 Å². The Hall–Kier alpha value is -2.61. The van der Waals surface area contributed by atoms with Crippen LogP contribution in [-0.2, 0) is 25.5 Å². The second-order valence-corrected chi connectivity index (χ2v) is 8.90. The van der Waals surface area contributed by atoms with Crippen LogP contribution in [0.2, 0.25) is 0 Å². The number of carboxylic acids is 1. The van der Waals surface area contributed by atoms with E-state index >= 15 is 0 Å². The van der Waals surface area contributed by atoms with Gasteiger partial charge in [0.1, 0.15) is 23.9 Å². The van der Waals surface area contributed by atoms with Crippen LogP contribution in [0.3, 0.4) is 0 Å². The topological polar surface area (TPSA) is 105 Å². The SMILES string of the molecule is CC(C)(C)OC(=O)N[C@@H]1CO[C@@H]2[C@H](CCCc3ccccc3)C[C@@H](C(=O)O)N2C1=O. The lowest BCUT2D eigenvalue weighted by Crippen LogP contribution is -2.61. The van der Waals surface area contributed by atoms with Crippen molar-refractivity contribution in [2.24, 2.45) is 5.92 Å². The monoisotopic (exact) mass is 418 g/mol. The normalized spacial score (nSPS) is 26.2. The molecule has 0 bridgehead atoms. The molecule has 2 saturated heterocycles. The predicted molar refractivity (Wildman–Crippen MR) is 109 cm³/mol. The van der Waals surface area contributed by atoms with Crippen molar-refractivity contribution in [1.29, 1.82) is 0 Å². The van der Waals surface area contributed by atoms with Crippen LogP contribution < -0.4 is 5.32 Å². The van der Waals surface area contributed by atoms with Gasteiger partial charge in [-0.2, -0.15) is 0 Å². The molecule has 4 atom stereocenters. The average Bonchev–Trinajstić information content (AvgIpc) is 3.03. The van der Waals surface area contributed by atoms with Gasteiger partial charge in [-0.3, -0.25) is 4.79 Å². The Labute approximate surface area is 176 Å². The van der Waals surface area contributed by atoms with Crippen LogP contribution in [0.25, 0.3) is 0 Å². The maximum atomic E-state index is 13.0. The van der Waals surface area contributed by atoms with E-state index in [1.807, 2.05) is 18.2 Å². The minimum atomic E-state index is -1.06. The first-order valence-corrected chi connectivity index (χ1v) is 10.4. The Bertz CT molecular complexity index is 776. The molecule has 2 aliphatic heterocycles. The molecule has 2 N–H and O–H groups in total. The summed E-state index contributed by atoms with van der Waals surface area (Å²) in [5.41, 5.74) is 0.524. The number of nitrogens with zero attached hydrogens (tertiary/aromatic N) is 1. The number of benzene rings is 1. The van der Waals surface area contributed by atoms with E-state index in [4.69, 9.17) is 9.47 Å². The van der Waals surface area contributed by atoms with Gasteiger partial charge in [0.15, 0.2) is 0 Å². The number of rotatable bonds is 6. The van der Waals surface area contributed by atoms with Crippen molar-refractivity contribution in [1.82, 2.24) is 10.2 Å². The molecule has 3 rings (SSSR count). The number of nitrogens with one attached hydrogen (secondary N) is 1. The fourth-order valence-corrected chi connectivity index (χ4v) is 4.11. The molecule has 0 unspecified atom stereocenters. The van der Waals surface area contributed by atoms with Gasteiger partial charge in [-0.1, -0.05) is 30.3 Å². The van der Waals surface area contributed by atoms with Crippen LogP contribution in [0.5, 0.6) is 0 Å². The van der Waals surface area contributed by atoms with Crippen LogP contribution in [0.15, 0.2) is 30.3 Å². The molecule has 1 aromatic carbocycles. The van der Waals surface area contributed by atoms with Crippen LogP contribution in [0, 0.1) is 5.92 Å². The van der Waals surface area contributed by atoms with Crippen molar-refractivity contribution in [3.05, 3.63) is 35.9 Å². The van der Waals surface area contributed by atoms with E-state index in [1.165, 1.54) is 10.5 Å². The number of ether oxygens (including phenoxy) is 2. The molecule has 0 aromatic heterocycles. The number of hydrogen-bond acceptors (Lipinski definition) is 5. The maximum Gasteiger partial charge on any atom is 0.408 e. The van der Waals surface area contributed by atoms with Crippen molar-refractivity contribution >= 4 is 18.0 Å². The summed E-state index contributed by atoms with van der Waals surface area (Å²) in [6.45, 7) is 5.18. The van der Waals surface area contributed by atoms with E-state index in [-0.39, 0.29) is 12.5 Å². The lowest BCUT2D eigenvalue weighted by molar-refractivity contribution is -0.173. The second kappa shape index (κ2) is 9.04. The Morgan fingerprint density at radius 2 is 1.97 bits per heavy atom. The maximum absolute atomic E-state index is 13.0. The number of fused-ring (bicyclic) bond motifs is 1. The largest absolute Gasteiger partial charge is 0.480 e. The molecule has 0 spiro atoms. The summed E-state index contributed by atoms with van der Waals surface area (Å²) in [7, 11) is 0. The first-order chi connectivity index (χ1) is 14.2. The van der Waals surface area contributed by atoms with E-state index in [1.54, 1.807) is 20.8 Å². The second-order valence-electron chi connectivity index (χ2n) is 8.90. The van der Waals surface area contributed by atoms with E-state index in [0.717, 1.165) is 19.3 Å². The highest BCUT2D eigenvalue weighted by molar-refractivity contribution is 5.90. The number of carboxylic acid groups (broad SMARTS) is 1. The van der Waals surface area contributed by atoms with Gasteiger partial charge in [-0.15, -0.1) is 0 Å². The van der Waals surface area contributed by atoms with Gasteiger partial charge in [0.2, 0.25) is 5.91 Å². The first-order valence-electron chi connectivity index (χ1n) is 10.4. The molecule has 2 aliphatic rings. The van der Waals surface area contributed by atoms with Crippen LogP contribution in [0.1, 0.15) is 45.6 Å². The van der Waals surface area contributed by atoms with Gasteiger partial charge in [0.05, 0.1) is 6.61 Å². The third-order valence-corrected chi connectivity index (χ3v) is 5.38. The van der Waals surface area contributed by atoms with E-state index in [2.05, 4.69) is 17.4 Å². The highest BCUT2D eigenvalue weighted by Crippen LogP contribution is 2.37. The molecule has 164 valence electrons. The highest BCUT2D eigenvalue weighted by atomic mass is 16.6. The summed E-state index contributed by atoms with van der Waals surface area (Å²) in [6, 6.07) is 8.18. The minimum Gasteiger partial charge on any atom is -0.480 e. The molecule has 8 nitrogen and oxygen atoms in total. The third-order valence-electron chi connectivity index (χ3n) is 5.38. The van der Waals surface area contributed by atoms with Gasteiger partial charge in [0.25, 0.3) is 0 Å². The molecule has 0 aliphatic carbocycles. The molecule has 30 heavy (non-hydrogen) atoms. The van der Waals surface area contributed by atoms with Crippen molar-refractivity contribution in [3.63, 3.8) is 0 Å². The number of alkyl carbamates (subject to hydrolysis) is 1. The average molecular weight is 418 g/mol. The van der Waals surface area contributed by atoms with Crippen molar-refractivity contribution < 1.29 is 29.0 Å². The van der Waals surface area contributed by atoms with Crippen LogP contribution >= 0.6 is 0 Å². The zero-order valence-corrected chi connectivity index (χ0v) is 17.7. The fraction of sp³-hybridized carbons (Fsp3) is 0.591. The van der Waals surface area contributed by atoms with Gasteiger partial charge >= 0.3 is 12.1 Å². The van der Waals surface area contributed by atoms with Gasteiger partial charge < -0.3 is 24.8 Å². The molecule has 2 heterocycles. The molecule has 0 saturated carbocycles.